The molecule has 1 N–H and O–H groups in total. The van der Waals surface area contributed by atoms with Gasteiger partial charge in [0, 0.05) is 62.5 Å². The van der Waals surface area contributed by atoms with E-state index in [1.165, 1.54) is 28.3 Å². The average Bonchev–Trinajstić information content (AvgIpc) is 3.46. The fourth-order valence-corrected chi connectivity index (χ4v) is 7.29. The van der Waals surface area contributed by atoms with Crippen LogP contribution < -0.4 is 15.8 Å². The standard InChI is InChI=1S/C36H41N7O4/c1-23(44)47-22-29-28(10-13-37-34(29)43-17-16-42-31-7-5-4-6-25(31)19-32(42)36(43)46)27-18-30(35(45)41(3)21-27)39-33-9-8-26(20-38-33)24-11-14-40(2)15-12-24/h8-10,13,18-21,24H,4-7,11-12,14-17,22H2,1-3H3,(H,38,39). The average molecular weight is 636 g/mol. The van der Waals surface area contributed by atoms with Crippen molar-refractivity contribution in [1.82, 2.24) is 24.0 Å². The Bertz CT molecular complexity index is 1890. The summed E-state index contributed by atoms with van der Waals surface area (Å²) < 4.78 is 9.21. The number of nitrogens with zero attached hydrogens (tertiary/aromatic N) is 6. The number of piperidine rings is 1. The van der Waals surface area contributed by atoms with Gasteiger partial charge in [-0.1, -0.05) is 6.07 Å². The quantitative estimate of drug-likeness (QED) is 0.288. The molecule has 2 aliphatic heterocycles. The third-order valence-corrected chi connectivity index (χ3v) is 9.86. The number of anilines is 3. The summed E-state index contributed by atoms with van der Waals surface area (Å²) in [6.45, 7) is 4.57. The van der Waals surface area contributed by atoms with Crippen LogP contribution >= 0.6 is 0 Å². The van der Waals surface area contributed by atoms with Crippen LogP contribution in [0.2, 0.25) is 0 Å². The van der Waals surface area contributed by atoms with E-state index in [9.17, 15) is 14.4 Å². The molecule has 3 aliphatic rings. The Morgan fingerprint density at radius 2 is 1.81 bits per heavy atom. The molecule has 0 saturated carbocycles. The molecular formula is C36H41N7O4. The molecule has 1 saturated heterocycles. The van der Waals surface area contributed by atoms with Crippen molar-refractivity contribution in [3.8, 4) is 11.1 Å². The van der Waals surface area contributed by atoms with E-state index in [-0.39, 0.29) is 18.1 Å². The molecule has 1 aliphatic carbocycles. The molecule has 47 heavy (non-hydrogen) atoms. The Hall–Kier alpha value is -4.77. The van der Waals surface area contributed by atoms with Gasteiger partial charge in [-0.25, -0.2) is 9.97 Å². The Labute approximate surface area is 274 Å². The number of hydrogen-bond donors (Lipinski definition) is 1. The third-order valence-electron chi connectivity index (χ3n) is 9.86. The fourth-order valence-electron chi connectivity index (χ4n) is 7.29. The van der Waals surface area contributed by atoms with Gasteiger partial charge in [-0.05, 0) is 106 Å². The largest absolute Gasteiger partial charge is 0.461 e. The fraction of sp³-hybridized carbons (Fsp3) is 0.417. The van der Waals surface area contributed by atoms with E-state index < -0.39 is 5.97 Å². The number of rotatable bonds is 7. The van der Waals surface area contributed by atoms with Crippen molar-refractivity contribution in [3.05, 3.63) is 87.4 Å². The number of ether oxygens (including phenoxy) is 1. The van der Waals surface area contributed by atoms with E-state index in [0.29, 0.717) is 58.7 Å². The molecule has 7 rings (SSSR count). The summed E-state index contributed by atoms with van der Waals surface area (Å²) in [7, 11) is 3.85. The highest BCUT2D eigenvalue weighted by Gasteiger charge is 2.33. The molecule has 1 fully saturated rings. The molecule has 4 aromatic heterocycles. The van der Waals surface area contributed by atoms with E-state index in [0.717, 1.165) is 51.6 Å². The van der Waals surface area contributed by atoms with Gasteiger partial charge in [0.1, 0.15) is 29.6 Å². The molecule has 0 spiro atoms. The lowest BCUT2D eigenvalue weighted by Gasteiger charge is -2.31. The van der Waals surface area contributed by atoms with Gasteiger partial charge in [-0.15, -0.1) is 0 Å². The normalized spacial score (nSPS) is 16.9. The predicted molar refractivity (Wildman–Crippen MR) is 180 cm³/mol. The number of carbonyl (C=O) groups is 2. The minimum absolute atomic E-state index is 0.0687. The van der Waals surface area contributed by atoms with E-state index in [1.54, 1.807) is 30.4 Å². The van der Waals surface area contributed by atoms with Gasteiger partial charge in [0.25, 0.3) is 11.5 Å². The summed E-state index contributed by atoms with van der Waals surface area (Å²) in [5.41, 5.74) is 6.62. The molecule has 244 valence electrons. The van der Waals surface area contributed by atoms with Crippen LogP contribution in [0.15, 0.2) is 53.7 Å². The molecule has 11 nitrogen and oxygen atoms in total. The number of esters is 1. The molecule has 0 unspecified atom stereocenters. The number of carbonyl (C=O) groups excluding carboxylic acids is 2. The van der Waals surface area contributed by atoms with Crippen molar-refractivity contribution >= 4 is 29.2 Å². The number of hydrogen-bond acceptors (Lipinski definition) is 8. The second kappa shape index (κ2) is 12.8. The summed E-state index contributed by atoms with van der Waals surface area (Å²) in [6, 6.07) is 9.66. The summed E-state index contributed by atoms with van der Waals surface area (Å²) >= 11 is 0. The highest BCUT2D eigenvalue weighted by molar-refractivity contribution is 6.06. The molecule has 0 atom stereocenters. The van der Waals surface area contributed by atoms with Gasteiger partial charge < -0.3 is 24.1 Å². The van der Waals surface area contributed by atoms with Crippen LogP contribution in [-0.2, 0) is 42.6 Å². The molecule has 11 heteroatoms. The number of aromatic nitrogens is 4. The van der Waals surface area contributed by atoms with E-state index in [4.69, 9.17) is 4.74 Å². The summed E-state index contributed by atoms with van der Waals surface area (Å²) in [4.78, 5) is 52.6. The van der Waals surface area contributed by atoms with Crippen molar-refractivity contribution in [1.29, 1.82) is 0 Å². The Morgan fingerprint density at radius 1 is 1.00 bits per heavy atom. The van der Waals surface area contributed by atoms with Gasteiger partial charge in [0.2, 0.25) is 0 Å². The van der Waals surface area contributed by atoms with Crippen molar-refractivity contribution in [2.45, 2.75) is 64.5 Å². The third kappa shape index (κ3) is 6.07. The summed E-state index contributed by atoms with van der Waals surface area (Å²) in [5, 5.41) is 3.23. The molecule has 0 aromatic carbocycles. The van der Waals surface area contributed by atoms with Crippen LogP contribution in [-0.4, -0.2) is 62.6 Å². The van der Waals surface area contributed by atoms with Crippen molar-refractivity contribution < 1.29 is 14.3 Å². The van der Waals surface area contributed by atoms with Gasteiger partial charge >= 0.3 is 5.97 Å². The first kappa shape index (κ1) is 30.9. The van der Waals surface area contributed by atoms with Gasteiger partial charge in [-0.2, -0.15) is 0 Å². The number of pyridine rings is 3. The van der Waals surface area contributed by atoms with Gasteiger partial charge in [-0.3, -0.25) is 19.3 Å². The second-order valence-corrected chi connectivity index (χ2v) is 13.0. The molecule has 6 heterocycles. The smallest absolute Gasteiger partial charge is 0.302 e. The lowest BCUT2D eigenvalue weighted by molar-refractivity contribution is -0.142. The zero-order valence-electron chi connectivity index (χ0n) is 27.3. The molecular weight excluding hydrogens is 594 g/mol. The van der Waals surface area contributed by atoms with Crippen LogP contribution in [0.1, 0.15) is 71.4 Å². The number of aryl methyl sites for hydroxylation is 2. The Balaban J connectivity index is 1.21. The lowest BCUT2D eigenvalue weighted by atomic mass is 9.91. The van der Waals surface area contributed by atoms with Crippen LogP contribution in [0.3, 0.4) is 0 Å². The minimum Gasteiger partial charge on any atom is -0.461 e. The van der Waals surface area contributed by atoms with Gasteiger partial charge in [0.15, 0.2) is 0 Å². The molecule has 0 bridgehead atoms. The topological polar surface area (TPSA) is 115 Å². The second-order valence-electron chi connectivity index (χ2n) is 13.0. The van der Waals surface area contributed by atoms with Crippen LogP contribution in [0.25, 0.3) is 11.1 Å². The van der Waals surface area contributed by atoms with E-state index in [1.807, 2.05) is 24.4 Å². The SMILES string of the molecule is CC(=O)OCc1c(-c2cc(Nc3ccc(C4CCN(C)CC4)cn3)c(=O)n(C)c2)ccnc1N1CCn2c(cc3c2CCCC3)C1=O. The number of fused-ring (bicyclic) bond motifs is 3. The Morgan fingerprint density at radius 3 is 2.57 bits per heavy atom. The zero-order chi connectivity index (χ0) is 32.7. The van der Waals surface area contributed by atoms with E-state index >= 15 is 0 Å². The van der Waals surface area contributed by atoms with Crippen molar-refractivity contribution in [3.63, 3.8) is 0 Å². The van der Waals surface area contributed by atoms with Crippen LogP contribution in [0.4, 0.5) is 17.3 Å². The summed E-state index contributed by atoms with van der Waals surface area (Å²) in [6.07, 6.45) is 11.8. The van der Waals surface area contributed by atoms with Crippen molar-refractivity contribution in [2.75, 3.05) is 36.9 Å². The van der Waals surface area contributed by atoms with E-state index in [2.05, 4.69) is 37.9 Å². The van der Waals surface area contributed by atoms with Crippen LogP contribution in [0, 0.1) is 0 Å². The van der Waals surface area contributed by atoms with Gasteiger partial charge in [0.05, 0.1) is 0 Å². The maximum Gasteiger partial charge on any atom is 0.302 e. The zero-order valence-corrected chi connectivity index (χ0v) is 27.3. The lowest BCUT2D eigenvalue weighted by Crippen LogP contribution is -2.41. The summed E-state index contributed by atoms with van der Waals surface area (Å²) in [5.74, 6) is 0.971. The molecule has 4 aromatic rings. The number of nitrogens with one attached hydrogen (secondary N) is 1. The van der Waals surface area contributed by atoms with Crippen LogP contribution in [0.5, 0.6) is 0 Å². The first-order valence-electron chi connectivity index (χ1n) is 16.5. The number of amides is 1. The predicted octanol–water partition coefficient (Wildman–Crippen LogP) is 4.80. The minimum atomic E-state index is -0.435. The first-order chi connectivity index (χ1) is 22.8. The maximum absolute atomic E-state index is 14.0. The molecule has 0 radical (unpaired) electrons. The Kier molecular flexibility index (Phi) is 8.40. The highest BCUT2D eigenvalue weighted by atomic mass is 16.5. The molecule has 1 amide bonds. The monoisotopic (exact) mass is 635 g/mol. The highest BCUT2D eigenvalue weighted by Crippen LogP contribution is 2.35. The number of likely N-dealkylation sites (tertiary alicyclic amines) is 1. The maximum atomic E-state index is 14.0. The first-order valence-corrected chi connectivity index (χ1v) is 16.5. The van der Waals surface area contributed by atoms with Crippen molar-refractivity contribution in [2.24, 2.45) is 7.05 Å².